The van der Waals surface area contributed by atoms with Crippen molar-refractivity contribution in [2.24, 2.45) is 0 Å². The van der Waals surface area contributed by atoms with Crippen LogP contribution in [0.2, 0.25) is 0 Å². The van der Waals surface area contributed by atoms with Crippen LogP contribution in [0.15, 0.2) is 24.5 Å². The van der Waals surface area contributed by atoms with E-state index in [0.29, 0.717) is 13.1 Å². The van der Waals surface area contributed by atoms with Crippen LogP contribution >= 0.6 is 0 Å². The van der Waals surface area contributed by atoms with E-state index in [4.69, 9.17) is 9.84 Å². The van der Waals surface area contributed by atoms with Crippen LogP contribution in [0.5, 0.6) is 5.75 Å². The van der Waals surface area contributed by atoms with Gasteiger partial charge in [0.1, 0.15) is 11.9 Å². The summed E-state index contributed by atoms with van der Waals surface area (Å²) in [5.74, 6) is 0.738. The van der Waals surface area contributed by atoms with Crippen LogP contribution in [0.1, 0.15) is 6.42 Å². The highest BCUT2D eigenvalue weighted by Gasteiger charge is 2.27. The third-order valence-corrected chi connectivity index (χ3v) is 2.37. The third-order valence-electron chi connectivity index (χ3n) is 2.37. The molecule has 0 saturated carbocycles. The lowest BCUT2D eigenvalue weighted by Crippen LogP contribution is -2.29. The molecule has 0 aromatic carbocycles. The summed E-state index contributed by atoms with van der Waals surface area (Å²) in [6, 6.07) is 3.53. The van der Waals surface area contributed by atoms with Gasteiger partial charge in [-0.3, -0.25) is 4.98 Å². The van der Waals surface area contributed by atoms with Crippen molar-refractivity contribution in [3.05, 3.63) is 24.5 Å². The Morgan fingerprint density at radius 3 is 2.87 bits per heavy atom. The molecule has 1 saturated heterocycles. The average Bonchev–Trinajstić information content (AvgIpc) is 2.68. The molecule has 2 heterocycles. The zero-order valence-corrected chi connectivity index (χ0v) is 8.17. The molecule has 0 spiro atoms. The summed E-state index contributed by atoms with van der Waals surface area (Å²) in [5, 5.41) is 8.76. The Kier molecular flexibility index (Phi) is 2.71. The molecule has 0 unspecified atom stereocenters. The number of likely N-dealkylation sites (tertiary alicyclic amines) is 1. The monoisotopic (exact) mass is 208 g/mol. The van der Waals surface area contributed by atoms with E-state index in [-0.39, 0.29) is 6.10 Å². The van der Waals surface area contributed by atoms with E-state index in [1.807, 2.05) is 0 Å². The molecule has 0 aliphatic carbocycles. The van der Waals surface area contributed by atoms with Crippen LogP contribution in [0.25, 0.3) is 0 Å². The Hall–Kier alpha value is -1.78. The van der Waals surface area contributed by atoms with E-state index in [1.165, 1.54) is 4.90 Å². The van der Waals surface area contributed by atoms with Gasteiger partial charge in [-0.2, -0.15) is 0 Å². The lowest BCUT2D eigenvalue weighted by Gasteiger charge is -2.14. The van der Waals surface area contributed by atoms with Gasteiger partial charge in [-0.25, -0.2) is 4.79 Å². The highest BCUT2D eigenvalue weighted by atomic mass is 16.5. The van der Waals surface area contributed by atoms with Gasteiger partial charge < -0.3 is 14.7 Å². The molecule has 5 nitrogen and oxygen atoms in total. The first kappa shape index (κ1) is 9.76. The van der Waals surface area contributed by atoms with Crippen LogP contribution in [0.3, 0.4) is 0 Å². The maximum Gasteiger partial charge on any atom is 0.407 e. The molecule has 1 aliphatic heterocycles. The molecule has 1 aromatic rings. The first-order chi connectivity index (χ1) is 7.25. The van der Waals surface area contributed by atoms with Crippen molar-refractivity contribution in [1.29, 1.82) is 0 Å². The SMILES string of the molecule is O=C(O)N1CC[C@H](Oc2ccncc2)C1. The molecule has 1 aliphatic rings. The first-order valence-corrected chi connectivity index (χ1v) is 4.80. The first-order valence-electron chi connectivity index (χ1n) is 4.80. The van der Waals surface area contributed by atoms with E-state index < -0.39 is 6.09 Å². The second-order valence-corrected chi connectivity index (χ2v) is 3.44. The number of pyridine rings is 1. The molecular formula is C10H12N2O3. The molecule has 2 rings (SSSR count). The molecule has 0 bridgehead atoms. The minimum absolute atomic E-state index is 0.0384. The van der Waals surface area contributed by atoms with E-state index in [1.54, 1.807) is 24.5 Å². The maximum absolute atomic E-state index is 10.7. The van der Waals surface area contributed by atoms with Crippen LogP contribution < -0.4 is 4.74 Å². The summed E-state index contributed by atoms with van der Waals surface area (Å²) in [4.78, 5) is 15.9. The highest BCUT2D eigenvalue weighted by molar-refractivity contribution is 5.65. The Morgan fingerprint density at radius 1 is 1.53 bits per heavy atom. The third kappa shape index (κ3) is 2.37. The molecule has 1 aromatic heterocycles. The van der Waals surface area contributed by atoms with Gasteiger partial charge in [0, 0.05) is 25.4 Å². The van der Waals surface area contributed by atoms with Crippen molar-refractivity contribution in [3.63, 3.8) is 0 Å². The van der Waals surface area contributed by atoms with Crippen LogP contribution in [-0.2, 0) is 0 Å². The summed E-state index contributed by atoms with van der Waals surface area (Å²) in [6.07, 6.45) is 3.13. The van der Waals surface area contributed by atoms with Gasteiger partial charge in [-0.1, -0.05) is 0 Å². The number of amides is 1. The zero-order chi connectivity index (χ0) is 10.7. The van der Waals surface area contributed by atoms with Crippen molar-refractivity contribution >= 4 is 6.09 Å². The minimum Gasteiger partial charge on any atom is -0.488 e. The van der Waals surface area contributed by atoms with Crippen molar-refractivity contribution in [2.45, 2.75) is 12.5 Å². The van der Waals surface area contributed by atoms with Crippen LogP contribution in [-0.4, -0.2) is 40.3 Å². The van der Waals surface area contributed by atoms with E-state index in [2.05, 4.69) is 4.98 Å². The fourth-order valence-electron chi connectivity index (χ4n) is 1.61. The normalized spacial score (nSPS) is 20.3. The second kappa shape index (κ2) is 4.16. The van der Waals surface area contributed by atoms with Crippen LogP contribution in [0.4, 0.5) is 4.79 Å². The summed E-state index contributed by atoms with van der Waals surface area (Å²) in [6.45, 7) is 0.989. The molecule has 1 fully saturated rings. The number of carbonyl (C=O) groups is 1. The summed E-state index contributed by atoms with van der Waals surface area (Å²) in [7, 11) is 0. The molecule has 0 radical (unpaired) electrons. The van der Waals surface area contributed by atoms with Gasteiger partial charge in [-0.05, 0) is 12.1 Å². The van der Waals surface area contributed by atoms with E-state index >= 15 is 0 Å². The largest absolute Gasteiger partial charge is 0.488 e. The summed E-state index contributed by atoms with van der Waals surface area (Å²) >= 11 is 0. The number of carboxylic acid groups (broad SMARTS) is 1. The quantitative estimate of drug-likeness (QED) is 0.793. The number of hydrogen-bond acceptors (Lipinski definition) is 3. The molecule has 1 amide bonds. The standard InChI is InChI=1S/C10H12N2O3/c13-10(14)12-6-3-9(7-12)15-8-1-4-11-5-2-8/h1-2,4-5,9H,3,6-7H2,(H,13,14)/t9-/m0/s1. The summed E-state index contributed by atoms with van der Waals surface area (Å²) < 4.78 is 5.61. The molecular weight excluding hydrogens is 196 g/mol. The lowest BCUT2D eigenvalue weighted by atomic mass is 10.3. The summed E-state index contributed by atoms with van der Waals surface area (Å²) in [5.41, 5.74) is 0. The maximum atomic E-state index is 10.7. The molecule has 5 heteroatoms. The van der Waals surface area contributed by atoms with Crippen molar-refractivity contribution in [3.8, 4) is 5.75 Å². The van der Waals surface area contributed by atoms with Gasteiger partial charge >= 0.3 is 6.09 Å². The number of aromatic nitrogens is 1. The smallest absolute Gasteiger partial charge is 0.407 e. The molecule has 80 valence electrons. The van der Waals surface area contributed by atoms with Gasteiger partial charge in [0.15, 0.2) is 0 Å². The number of hydrogen-bond donors (Lipinski definition) is 1. The van der Waals surface area contributed by atoms with Gasteiger partial charge in [0.2, 0.25) is 0 Å². The Balaban J connectivity index is 1.90. The Labute approximate surface area is 87.3 Å². The fourth-order valence-corrected chi connectivity index (χ4v) is 1.61. The van der Waals surface area contributed by atoms with Crippen molar-refractivity contribution in [1.82, 2.24) is 9.88 Å². The lowest BCUT2D eigenvalue weighted by molar-refractivity contribution is 0.145. The molecule has 15 heavy (non-hydrogen) atoms. The van der Waals surface area contributed by atoms with Gasteiger partial charge in [-0.15, -0.1) is 0 Å². The van der Waals surface area contributed by atoms with Crippen molar-refractivity contribution in [2.75, 3.05) is 13.1 Å². The number of nitrogens with zero attached hydrogens (tertiary/aromatic N) is 2. The average molecular weight is 208 g/mol. The van der Waals surface area contributed by atoms with Crippen LogP contribution in [0, 0.1) is 0 Å². The predicted octanol–water partition coefficient (Wildman–Crippen LogP) is 1.21. The highest BCUT2D eigenvalue weighted by Crippen LogP contribution is 2.17. The van der Waals surface area contributed by atoms with Crippen molar-refractivity contribution < 1.29 is 14.6 Å². The van der Waals surface area contributed by atoms with Gasteiger partial charge in [0.05, 0.1) is 6.54 Å². The zero-order valence-electron chi connectivity index (χ0n) is 8.17. The Bertz CT molecular complexity index is 342. The minimum atomic E-state index is -0.879. The molecule has 1 atom stereocenters. The van der Waals surface area contributed by atoms with E-state index in [0.717, 1.165) is 12.2 Å². The number of ether oxygens (including phenoxy) is 1. The predicted molar refractivity (Wildman–Crippen MR) is 52.9 cm³/mol. The fraction of sp³-hybridized carbons (Fsp3) is 0.400. The Morgan fingerprint density at radius 2 is 2.27 bits per heavy atom. The number of rotatable bonds is 2. The second-order valence-electron chi connectivity index (χ2n) is 3.44. The molecule has 1 N–H and O–H groups in total. The van der Waals surface area contributed by atoms with Gasteiger partial charge in [0.25, 0.3) is 0 Å². The topological polar surface area (TPSA) is 62.7 Å². The van der Waals surface area contributed by atoms with E-state index in [9.17, 15) is 4.79 Å².